The summed E-state index contributed by atoms with van der Waals surface area (Å²) < 4.78 is 0. The molecule has 0 saturated carbocycles. The highest BCUT2D eigenvalue weighted by molar-refractivity contribution is 5.85. The number of carboxylic acid groups (broad SMARTS) is 1. The second kappa shape index (κ2) is 5.46. The molecule has 1 fully saturated rings. The molecule has 1 atom stereocenters. The van der Waals surface area contributed by atoms with Crippen LogP contribution in [-0.4, -0.2) is 58.6 Å². The number of likely N-dealkylation sites (N-methyl/N-ethyl adjacent to an activating group) is 1. The molecule has 1 aliphatic rings. The highest BCUT2D eigenvalue weighted by Gasteiger charge is 2.20. The van der Waals surface area contributed by atoms with Gasteiger partial charge in [-0.15, -0.1) is 0 Å². The van der Waals surface area contributed by atoms with Crippen LogP contribution in [0.3, 0.4) is 0 Å². The molecule has 5 heteroatoms. The van der Waals surface area contributed by atoms with E-state index in [1.54, 1.807) is 6.07 Å². The average molecular weight is 249 g/mol. The monoisotopic (exact) mass is 249 g/mol. The van der Waals surface area contributed by atoms with Crippen LogP contribution in [0, 0.1) is 0 Å². The van der Waals surface area contributed by atoms with Crippen molar-refractivity contribution in [1.82, 2.24) is 14.8 Å². The molecule has 1 aliphatic heterocycles. The minimum atomic E-state index is -0.969. The van der Waals surface area contributed by atoms with E-state index in [1.807, 2.05) is 6.07 Å². The van der Waals surface area contributed by atoms with Crippen molar-refractivity contribution in [3.05, 3.63) is 29.6 Å². The number of hydrogen-bond donors (Lipinski definition) is 1. The smallest absolute Gasteiger partial charge is 0.354 e. The van der Waals surface area contributed by atoms with Gasteiger partial charge in [-0.2, -0.15) is 0 Å². The van der Waals surface area contributed by atoms with E-state index in [-0.39, 0.29) is 5.69 Å². The summed E-state index contributed by atoms with van der Waals surface area (Å²) in [5.74, 6) is -0.969. The van der Waals surface area contributed by atoms with Crippen LogP contribution in [0.25, 0.3) is 0 Å². The maximum Gasteiger partial charge on any atom is 0.354 e. The molecule has 0 aromatic carbocycles. The van der Waals surface area contributed by atoms with Crippen LogP contribution in [0.5, 0.6) is 0 Å². The highest BCUT2D eigenvalue weighted by Crippen LogP contribution is 2.10. The molecule has 0 amide bonds. The maximum atomic E-state index is 10.9. The number of carboxylic acids is 1. The Morgan fingerprint density at radius 3 is 2.94 bits per heavy atom. The lowest BCUT2D eigenvalue weighted by atomic mass is 10.2. The molecule has 1 aromatic rings. The molecular weight excluding hydrogens is 230 g/mol. The fraction of sp³-hybridized carbons (Fsp3) is 0.538. The van der Waals surface area contributed by atoms with Crippen LogP contribution in [0.1, 0.15) is 23.1 Å². The number of hydrogen-bond acceptors (Lipinski definition) is 4. The van der Waals surface area contributed by atoms with E-state index in [0.29, 0.717) is 6.04 Å². The van der Waals surface area contributed by atoms with Gasteiger partial charge in [-0.25, -0.2) is 9.78 Å². The minimum Gasteiger partial charge on any atom is -0.477 e. The Labute approximate surface area is 107 Å². The summed E-state index contributed by atoms with van der Waals surface area (Å²) in [5.41, 5.74) is 0.946. The molecule has 0 bridgehead atoms. The second-order valence-corrected chi connectivity index (χ2v) is 4.88. The van der Waals surface area contributed by atoms with Gasteiger partial charge in [0, 0.05) is 32.2 Å². The summed E-state index contributed by atoms with van der Waals surface area (Å²) in [4.78, 5) is 19.7. The summed E-state index contributed by atoms with van der Waals surface area (Å²) in [6, 6.07) is 5.69. The topological polar surface area (TPSA) is 56.7 Å². The van der Waals surface area contributed by atoms with E-state index in [0.717, 1.165) is 31.9 Å². The minimum absolute atomic E-state index is 0.120. The summed E-state index contributed by atoms with van der Waals surface area (Å²) >= 11 is 0. The van der Waals surface area contributed by atoms with Crippen LogP contribution in [-0.2, 0) is 6.54 Å². The molecule has 0 aliphatic carbocycles. The average Bonchev–Trinajstić information content (AvgIpc) is 2.34. The van der Waals surface area contributed by atoms with Crippen LogP contribution in [0.15, 0.2) is 18.2 Å². The van der Waals surface area contributed by atoms with Crippen molar-refractivity contribution >= 4 is 5.97 Å². The summed E-state index contributed by atoms with van der Waals surface area (Å²) in [6.07, 6.45) is 0. The number of aromatic carboxylic acids is 1. The van der Waals surface area contributed by atoms with Crippen LogP contribution >= 0.6 is 0 Å². The number of aromatic nitrogens is 1. The van der Waals surface area contributed by atoms with Gasteiger partial charge in [-0.1, -0.05) is 6.07 Å². The fourth-order valence-electron chi connectivity index (χ4n) is 2.18. The van der Waals surface area contributed by atoms with Crippen LogP contribution in [0.2, 0.25) is 0 Å². The van der Waals surface area contributed by atoms with Crippen LogP contribution in [0.4, 0.5) is 0 Å². The first-order valence-corrected chi connectivity index (χ1v) is 6.18. The van der Waals surface area contributed by atoms with Gasteiger partial charge in [0.15, 0.2) is 0 Å². The molecule has 0 radical (unpaired) electrons. The lowest BCUT2D eigenvalue weighted by Crippen LogP contribution is -2.49. The maximum absolute atomic E-state index is 10.9. The first-order valence-electron chi connectivity index (χ1n) is 6.18. The zero-order chi connectivity index (χ0) is 13.1. The number of carbonyl (C=O) groups is 1. The first-order chi connectivity index (χ1) is 8.56. The Morgan fingerprint density at radius 1 is 1.50 bits per heavy atom. The van der Waals surface area contributed by atoms with Gasteiger partial charge in [-0.05, 0) is 26.1 Å². The fourth-order valence-corrected chi connectivity index (χ4v) is 2.18. The molecule has 2 rings (SSSR count). The standard InChI is InChI=1S/C13H19N3O2/c1-10-8-16(7-6-15(10)2)9-11-4-3-5-12(14-11)13(17)18/h3-5,10H,6-9H2,1-2H3,(H,17,18). The van der Waals surface area contributed by atoms with Crippen LogP contribution < -0.4 is 0 Å². The van der Waals surface area contributed by atoms with Gasteiger partial charge in [0.1, 0.15) is 5.69 Å². The van der Waals surface area contributed by atoms with Gasteiger partial charge in [0.05, 0.1) is 5.69 Å². The van der Waals surface area contributed by atoms with Gasteiger partial charge < -0.3 is 10.0 Å². The Hall–Kier alpha value is -1.46. The van der Waals surface area contributed by atoms with E-state index in [1.165, 1.54) is 6.07 Å². The first kappa shape index (κ1) is 13.0. The van der Waals surface area contributed by atoms with E-state index < -0.39 is 5.97 Å². The molecular formula is C13H19N3O2. The van der Waals surface area contributed by atoms with Crippen molar-refractivity contribution in [2.75, 3.05) is 26.7 Å². The number of nitrogens with zero attached hydrogens (tertiary/aromatic N) is 3. The van der Waals surface area contributed by atoms with E-state index in [4.69, 9.17) is 5.11 Å². The van der Waals surface area contributed by atoms with Gasteiger partial charge in [-0.3, -0.25) is 4.90 Å². The number of rotatable bonds is 3. The van der Waals surface area contributed by atoms with Gasteiger partial charge in [0.25, 0.3) is 0 Å². The van der Waals surface area contributed by atoms with Gasteiger partial charge in [0.2, 0.25) is 0 Å². The number of pyridine rings is 1. The Balaban J connectivity index is 2.01. The molecule has 2 heterocycles. The SMILES string of the molecule is CC1CN(Cc2cccc(C(=O)O)n2)CCN1C. The van der Waals surface area contributed by atoms with Crippen molar-refractivity contribution in [3.63, 3.8) is 0 Å². The van der Waals surface area contributed by atoms with Crippen molar-refractivity contribution in [2.45, 2.75) is 19.5 Å². The van der Waals surface area contributed by atoms with Gasteiger partial charge >= 0.3 is 5.97 Å². The summed E-state index contributed by atoms with van der Waals surface area (Å²) in [6.45, 7) is 5.96. The summed E-state index contributed by atoms with van der Waals surface area (Å²) in [7, 11) is 2.13. The Kier molecular flexibility index (Phi) is 3.93. The summed E-state index contributed by atoms with van der Waals surface area (Å²) in [5, 5.41) is 8.91. The lowest BCUT2D eigenvalue weighted by Gasteiger charge is -2.37. The molecule has 1 unspecified atom stereocenters. The molecule has 5 nitrogen and oxygen atoms in total. The highest BCUT2D eigenvalue weighted by atomic mass is 16.4. The molecule has 18 heavy (non-hydrogen) atoms. The van der Waals surface area contributed by atoms with Crippen molar-refractivity contribution < 1.29 is 9.90 Å². The van der Waals surface area contributed by atoms with Crippen molar-refractivity contribution in [2.24, 2.45) is 0 Å². The molecule has 98 valence electrons. The zero-order valence-electron chi connectivity index (χ0n) is 10.8. The van der Waals surface area contributed by atoms with Crippen molar-refractivity contribution in [1.29, 1.82) is 0 Å². The van der Waals surface area contributed by atoms with Crippen molar-refractivity contribution in [3.8, 4) is 0 Å². The number of piperazine rings is 1. The Morgan fingerprint density at radius 2 is 2.28 bits per heavy atom. The van der Waals surface area contributed by atoms with E-state index in [2.05, 4.69) is 28.8 Å². The molecule has 1 saturated heterocycles. The predicted molar refractivity (Wildman–Crippen MR) is 68.6 cm³/mol. The lowest BCUT2D eigenvalue weighted by molar-refractivity contribution is 0.0689. The zero-order valence-corrected chi connectivity index (χ0v) is 10.8. The third kappa shape index (κ3) is 3.05. The quantitative estimate of drug-likeness (QED) is 0.863. The molecule has 1 N–H and O–H groups in total. The van der Waals surface area contributed by atoms with E-state index in [9.17, 15) is 4.79 Å². The van der Waals surface area contributed by atoms with E-state index >= 15 is 0 Å². The predicted octanol–water partition coefficient (Wildman–Crippen LogP) is 0.916. The second-order valence-electron chi connectivity index (χ2n) is 4.88. The molecule has 0 spiro atoms. The largest absolute Gasteiger partial charge is 0.477 e. The third-order valence-electron chi connectivity index (χ3n) is 3.46. The molecule has 1 aromatic heterocycles. The normalized spacial score (nSPS) is 22.0. The third-order valence-corrected chi connectivity index (χ3v) is 3.46. The Bertz CT molecular complexity index is 436.